The molecule has 3 heterocycles. The lowest BCUT2D eigenvalue weighted by Gasteiger charge is -2.28. The van der Waals surface area contributed by atoms with Gasteiger partial charge in [-0.05, 0) is 51.2 Å². The van der Waals surface area contributed by atoms with Gasteiger partial charge in [-0.2, -0.15) is 5.10 Å². The normalized spacial score (nSPS) is 18.4. The summed E-state index contributed by atoms with van der Waals surface area (Å²) in [5, 5.41) is 5.62. The van der Waals surface area contributed by atoms with Gasteiger partial charge in [0.05, 0.1) is 23.0 Å². The fourth-order valence-corrected chi connectivity index (χ4v) is 4.08. The minimum atomic E-state index is 0.0302. The highest BCUT2D eigenvalue weighted by atomic mass is 35.5. The maximum Gasteiger partial charge on any atom is 0.254 e. The zero-order chi connectivity index (χ0) is 19.8. The van der Waals surface area contributed by atoms with E-state index >= 15 is 0 Å². The number of hydrogen-bond donors (Lipinski definition) is 0. The molecule has 2 aromatic heterocycles. The number of nitrogens with zero attached hydrogens (tertiary/aromatic N) is 5. The van der Waals surface area contributed by atoms with Gasteiger partial charge in [-0.15, -0.1) is 0 Å². The van der Waals surface area contributed by atoms with Crippen LogP contribution < -0.4 is 0 Å². The molecule has 146 valence electrons. The molecule has 1 amide bonds. The van der Waals surface area contributed by atoms with Crippen LogP contribution in [0, 0.1) is 0 Å². The standard InChI is InChI=1S/C21H24ClN5O/c1-14-12-25(2)7-4-8-27(14)21(28)18-10-20(15-11-23-26(3)13-15)24-19-6-5-16(22)9-17(18)19/h5-6,9-11,13-14H,4,7-8,12H2,1-3H3/t14-/m1/s1. The van der Waals surface area contributed by atoms with Crippen molar-refractivity contribution >= 4 is 28.4 Å². The molecule has 1 fully saturated rings. The number of aromatic nitrogens is 3. The van der Waals surface area contributed by atoms with E-state index in [9.17, 15) is 4.79 Å². The summed E-state index contributed by atoms with van der Waals surface area (Å²) in [6, 6.07) is 7.53. The van der Waals surface area contributed by atoms with Crippen molar-refractivity contribution in [1.82, 2.24) is 24.6 Å². The largest absolute Gasteiger partial charge is 0.335 e. The molecule has 28 heavy (non-hydrogen) atoms. The van der Waals surface area contributed by atoms with Gasteiger partial charge < -0.3 is 9.80 Å². The van der Waals surface area contributed by atoms with Gasteiger partial charge in [0.1, 0.15) is 0 Å². The van der Waals surface area contributed by atoms with Gasteiger partial charge in [-0.1, -0.05) is 11.6 Å². The van der Waals surface area contributed by atoms with E-state index in [1.54, 1.807) is 10.9 Å². The van der Waals surface area contributed by atoms with Crippen molar-refractivity contribution < 1.29 is 4.79 Å². The Kier molecular flexibility index (Phi) is 5.08. The van der Waals surface area contributed by atoms with Crippen LogP contribution in [0.25, 0.3) is 22.2 Å². The van der Waals surface area contributed by atoms with Crippen molar-refractivity contribution in [2.24, 2.45) is 7.05 Å². The number of hydrogen-bond acceptors (Lipinski definition) is 4. The van der Waals surface area contributed by atoms with Crippen molar-refractivity contribution in [1.29, 1.82) is 0 Å². The fraction of sp³-hybridized carbons (Fsp3) is 0.381. The van der Waals surface area contributed by atoms with Gasteiger partial charge in [0.2, 0.25) is 0 Å². The van der Waals surface area contributed by atoms with Gasteiger partial charge in [0, 0.05) is 48.3 Å². The quantitative estimate of drug-likeness (QED) is 0.664. The molecular formula is C21H24ClN5O. The number of benzene rings is 1. The van der Waals surface area contributed by atoms with Crippen molar-refractivity contribution in [3.8, 4) is 11.3 Å². The van der Waals surface area contributed by atoms with Crippen LogP contribution in [0.5, 0.6) is 0 Å². The Labute approximate surface area is 169 Å². The average Bonchev–Trinajstić information content (AvgIpc) is 3.02. The number of carbonyl (C=O) groups excluding carboxylic acids is 1. The van der Waals surface area contributed by atoms with E-state index < -0.39 is 0 Å². The van der Waals surface area contributed by atoms with Crippen LogP contribution in [0.2, 0.25) is 5.02 Å². The van der Waals surface area contributed by atoms with Crippen molar-refractivity contribution in [3.63, 3.8) is 0 Å². The zero-order valence-corrected chi connectivity index (χ0v) is 17.1. The molecule has 1 atom stereocenters. The zero-order valence-electron chi connectivity index (χ0n) is 16.4. The molecule has 0 aliphatic carbocycles. The summed E-state index contributed by atoms with van der Waals surface area (Å²) in [5.74, 6) is 0.0302. The molecule has 0 bridgehead atoms. The Morgan fingerprint density at radius 1 is 1.21 bits per heavy atom. The van der Waals surface area contributed by atoms with Crippen LogP contribution in [-0.4, -0.2) is 63.2 Å². The van der Waals surface area contributed by atoms with E-state index in [1.807, 2.05) is 42.4 Å². The first-order valence-electron chi connectivity index (χ1n) is 9.51. The first kappa shape index (κ1) is 18.9. The van der Waals surface area contributed by atoms with Gasteiger partial charge in [0.15, 0.2) is 0 Å². The van der Waals surface area contributed by atoms with Gasteiger partial charge in [-0.3, -0.25) is 9.48 Å². The second-order valence-electron chi connectivity index (χ2n) is 7.58. The summed E-state index contributed by atoms with van der Waals surface area (Å²) in [6.45, 7) is 4.72. The van der Waals surface area contributed by atoms with E-state index in [0.29, 0.717) is 10.6 Å². The average molecular weight is 398 g/mol. The van der Waals surface area contributed by atoms with Crippen LogP contribution in [0.4, 0.5) is 0 Å². The van der Waals surface area contributed by atoms with Gasteiger partial charge in [-0.25, -0.2) is 4.98 Å². The second kappa shape index (κ2) is 7.53. The summed E-state index contributed by atoms with van der Waals surface area (Å²) >= 11 is 6.24. The highest BCUT2D eigenvalue weighted by Crippen LogP contribution is 2.28. The van der Waals surface area contributed by atoms with Crippen LogP contribution in [-0.2, 0) is 7.05 Å². The smallest absolute Gasteiger partial charge is 0.254 e. The molecule has 4 rings (SSSR count). The third-order valence-electron chi connectivity index (χ3n) is 5.31. The molecule has 0 spiro atoms. The highest BCUT2D eigenvalue weighted by molar-refractivity contribution is 6.31. The van der Waals surface area contributed by atoms with Crippen molar-refractivity contribution in [2.45, 2.75) is 19.4 Å². The predicted octanol–water partition coefficient (Wildman–Crippen LogP) is 3.45. The molecule has 1 aromatic carbocycles. The lowest BCUT2D eigenvalue weighted by atomic mass is 10.0. The number of rotatable bonds is 2. The molecule has 1 aliphatic rings. The Morgan fingerprint density at radius 2 is 2.04 bits per heavy atom. The Morgan fingerprint density at radius 3 is 2.79 bits per heavy atom. The summed E-state index contributed by atoms with van der Waals surface area (Å²) in [7, 11) is 3.97. The minimum Gasteiger partial charge on any atom is -0.335 e. The van der Waals surface area contributed by atoms with Crippen LogP contribution >= 0.6 is 11.6 Å². The monoisotopic (exact) mass is 397 g/mol. The number of amides is 1. The number of fused-ring (bicyclic) bond motifs is 1. The maximum absolute atomic E-state index is 13.6. The number of likely N-dealkylation sites (N-methyl/N-ethyl adjacent to an activating group) is 1. The second-order valence-corrected chi connectivity index (χ2v) is 8.02. The van der Waals surface area contributed by atoms with Crippen LogP contribution in [0.1, 0.15) is 23.7 Å². The molecule has 3 aromatic rings. The Balaban J connectivity index is 1.84. The predicted molar refractivity (Wildman–Crippen MR) is 112 cm³/mol. The summed E-state index contributed by atoms with van der Waals surface area (Å²) in [4.78, 5) is 22.6. The van der Waals surface area contributed by atoms with E-state index in [0.717, 1.165) is 48.2 Å². The number of pyridine rings is 1. The van der Waals surface area contributed by atoms with E-state index in [1.165, 1.54) is 0 Å². The van der Waals surface area contributed by atoms with Crippen LogP contribution in [0.15, 0.2) is 36.7 Å². The number of halogens is 1. The molecule has 0 unspecified atom stereocenters. The Bertz CT molecular complexity index is 1030. The van der Waals surface area contributed by atoms with E-state index in [2.05, 4.69) is 24.0 Å². The lowest BCUT2D eigenvalue weighted by Crippen LogP contribution is -2.42. The molecule has 1 saturated heterocycles. The van der Waals surface area contributed by atoms with Crippen molar-refractivity contribution in [2.75, 3.05) is 26.7 Å². The maximum atomic E-state index is 13.6. The fourth-order valence-electron chi connectivity index (χ4n) is 3.91. The molecule has 0 radical (unpaired) electrons. The molecule has 7 heteroatoms. The van der Waals surface area contributed by atoms with E-state index in [4.69, 9.17) is 16.6 Å². The molecule has 0 saturated carbocycles. The van der Waals surface area contributed by atoms with Gasteiger partial charge >= 0.3 is 0 Å². The first-order valence-corrected chi connectivity index (χ1v) is 9.89. The SMILES string of the molecule is C[C@@H]1CN(C)CCCN1C(=O)c1cc(-c2cnn(C)c2)nc2ccc(Cl)cc12. The van der Waals surface area contributed by atoms with Gasteiger partial charge in [0.25, 0.3) is 5.91 Å². The van der Waals surface area contributed by atoms with Crippen LogP contribution in [0.3, 0.4) is 0 Å². The summed E-state index contributed by atoms with van der Waals surface area (Å²) < 4.78 is 1.73. The lowest BCUT2D eigenvalue weighted by molar-refractivity contribution is 0.0698. The molecular weight excluding hydrogens is 374 g/mol. The summed E-state index contributed by atoms with van der Waals surface area (Å²) in [6.07, 6.45) is 4.63. The topological polar surface area (TPSA) is 54.3 Å². The van der Waals surface area contributed by atoms with E-state index in [-0.39, 0.29) is 11.9 Å². The molecule has 0 N–H and O–H groups in total. The summed E-state index contributed by atoms with van der Waals surface area (Å²) in [5.41, 5.74) is 3.03. The highest BCUT2D eigenvalue weighted by Gasteiger charge is 2.27. The molecule has 1 aliphatic heterocycles. The number of carbonyl (C=O) groups is 1. The third kappa shape index (κ3) is 3.62. The van der Waals surface area contributed by atoms with Crippen molar-refractivity contribution in [3.05, 3.63) is 47.2 Å². The first-order chi connectivity index (χ1) is 13.4. The Hall–Kier alpha value is -2.44. The minimum absolute atomic E-state index is 0.0302. The molecule has 6 nitrogen and oxygen atoms in total. The number of aryl methyl sites for hydroxylation is 1. The third-order valence-corrected chi connectivity index (χ3v) is 5.54.